The largest absolute Gasteiger partial charge is 0.345 e. The number of amides is 2. The zero-order valence-electron chi connectivity index (χ0n) is 16.2. The zero-order chi connectivity index (χ0) is 20.9. The van der Waals surface area contributed by atoms with E-state index in [1.54, 1.807) is 41.0 Å². The number of hydrogen-bond acceptors (Lipinski definition) is 5. The van der Waals surface area contributed by atoms with E-state index in [4.69, 9.17) is 0 Å². The van der Waals surface area contributed by atoms with Crippen molar-refractivity contribution < 1.29 is 9.59 Å². The number of para-hydroxylation sites is 1. The molecule has 1 unspecified atom stereocenters. The van der Waals surface area contributed by atoms with Crippen LogP contribution in [0.1, 0.15) is 39.4 Å². The summed E-state index contributed by atoms with van der Waals surface area (Å²) < 4.78 is 0. The van der Waals surface area contributed by atoms with Crippen LogP contribution in [-0.4, -0.2) is 16.8 Å². The lowest BCUT2D eigenvalue weighted by atomic mass is 10.1. The second-order valence-electron chi connectivity index (χ2n) is 6.66. The normalized spacial score (nSPS) is 11.6. The summed E-state index contributed by atoms with van der Waals surface area (Å²) in [7, 11) is 0. The Hall–Kier alpha value is -3.29. The molecular formula is C23H19N3O2S2. The van der Waals surface area contributed by atoms with Crippen LogP contribution in [0.5, 0.6) is 0 Å². The quantitative estimate of drug-likeness (QED) is 0.415. The van der Waals surface area contributed by atoms with Crippen LogP contribution < -0.4 is 10.6 Å². The number of carbonyl (C=O) groups excluding carboxylic acids is 2. The van der Waals surface area contributed by atoms with Crippen LogP contribution in [0.15, 0.2) is 76.8 Å². The van der Waals surface area contributed by atoms with Gasteiger partial charge in [-0.25, -0.2) is 4.98 Å². The molecule has 0 spiro atoms. The maximum Gasteiger partial charge on any atom is 0.275 e. The number of rotatable bonds is 6. The van der Waals surface area contributed by atoms with Crippen molar-refractivity contribution in [3.63, 3.8) is 0 Å². The third-order valence-electron chi connectivity index (χ3n) is 4.57. The Morgan fingerprint density at radius 2 is 1.70 bits per heavy atom. The van der Waals surface area contributed by atoms with Crippen molar-refractivity contribution in [3.8, 4) is 10.6 Å². The number of nitrogens with zero attached hydrogens (tertiary/aromatic N) is 1. The van der Waals surface area contributed by atoms with E-state index in [1.807, 2.05) is 54.1 Å². The molecule has 2 N–H and O–H groups in total. The second kappa shape index (κ2) is 9.02. The molecule has 0 fully saturated rings. The summed E-state index contributed by atoms with van der Waals surface area (Å²) in [6.07, 6.45) is 0. The van der Waals surface area contributed by atoms with Gasteiger partial charge in [0.2, 0.25) is 0 Å². The average molecular weight is 434 g/mol. The van der Waals surface area contributed by atoms with Gasteiger partial charge in [-0.3, -0.25) is 9.59 Å². The summed E-state index contributed by atoms with van der Waals surface area (Å²) in [4.78, 5) is 30.0. The van der Waals surface area contributed by atoms with E-state index in [-0.39, 0.29) is 17.9 Å². The van der Waals surface area contributed by atoms with Gasteiger partial charge in [0.1, 0.15) is 10.7 Å². The minimum absolute atomic E-state index is 0.158. The number of anilines is 1. The Morgan fingerprint density at radius 1 is 0.933 bits per heavy atom. The van der Waals surface area contributed by atoms with Crippen LogP contribution in [0.2, 0.25) is 0 Å². The van der Waals surface area contributed by atoms with Crippen molar-refractivity contribution in [1.82, 2.24) is 10.3 Å². The first-order chi connectivity index (χ1) is 14.6. The SMILES string of the molecule is CC(NC(=O)c1ccccc1NC(=O)c1csc(-c2ccsc2)n1)c1ccccc1. The Balaban J connectivity index is 1.49. The highest BCUT2D eigenvalue weighted by atomic mass is 32.1. The van der Waals surface area contributed by atoms with Crippen molar-refractivity contribution in [2.75, 3.05) is 5.32 Å². The predicted octanol–water partition coefficient (Wildman–Crippen LogP) is 5.61. The lowest BCUT2D eigenvalue weighted by Gasteiger charge is -2.16. The van der Waals surface area contributed by atoms with E-state index in [9.17, 15) is 9.59 Å². The maximum atomic E-state index is 12.9. The lowest BCUT2D eigenvalue weighted by molar-refractivity contribution is 0.0941. The molecule has 2 amide bonds. The third kappa shape index (κ3) is 4.48. The molecule has 0 saturated carbocycles. The zero-order valence-corrected chi connectivity index (χ0v) is 17.8. The van der Waals surface area contributed by atoms with Crippen molar-refractivity contribution in [2.24, 2.45) is 0 Å². The number of hydrogen-bond donors (Lipinski definition) is 2. The molecule has 7 heteroatoms. The summed E-state index contributed by atoms with van der Waals surface area (Å²) in [5.74, 6) is -0.594. The van der Waals surface area contributed by atoms with Gasteiger partial charge in [0.05, 0.1) is 17.3 Å². The van der Waals surface area contributed by atoms with Gasteiger partial charge in [-0.15, -0.1) is 11.3 Å². The van der Waals surface area contributed by atoms with E-state index >= 15 is 0 Å². The number of thiophene rings is 1. The highest BCUT2D eigenvalue weighted by Crippen LogP contribution is 2.26. The van der Waals surface area contributed by atoms with E-state index in [2.05, 4.69) is 15.6 Å². The number of aromatic nitrogens is 1. The van der Waals surface area contributed by atoms with Crippen LogP contribution >= 0.6 is 22.7 Å². The highest BCUT2D eigenvalue weighted by Gasteiger charge is 2.18. The summed E-state index contributed by atoms with van der Waals surface area (Å²) in [6.45, 7) is 1.93. The van der Waals surface area contributed by atoms with Gasteiger partial charge in [0.15, 0.2) is 0 Å². The first kappa shape index (κ1) is 20.0. The van der Waals surface area contributed by atoms with Gasteiger partial charge < -0.3 is 10.6 Å². The van der Waals surface area contributed by atoms with E-state index < -0.39 is 0 Å². The van der Waals surface area contributed by atoms with Gasteiger partial charge >= 0.3 is 0 Å². The van der Waals surface area contributed by atoms with Crippen LogP contribution in [0.25, 0.3) is 10.6 Å². The fourth-order valence-electron chi connectivity index (χ4n) is 2.97. The molecule has 0 aliphatic heterocycles. The average Bonchev–Trinajstić information content (AvgIpc) is 3.46. The first-order valence-electron chi connectivity index (χ1n) is 9.36. The molecule has 150 valence electrons. The molecule has 4 rings (SSSR count). The van der Waals surface area contributed by atoms with Crippen molar-refractivity contribution in [3.05, 3.63) is 93.6 Å². The molecule has 2 heterocycles. The van der Waals surface area contributed by atoms with Gasteiger partial charge in [-0.2, -0.15) is 11.3 Å². The van der Waals surface area contributed by atoms with Gasteiger partial charge in [0.25, 0.3) is 11.8 Å². The topological polar surface area (TPSA) is 71.1 Å². The monoisotopic (exact) mass is 433 g/mol. The fraction of sp³-hybridized carbons (Fsp3) is 0.0870. The van der Waals surface area contributed by atoms with Crippen LogP contribution in [0.4, 0.5) is 5.69 Å². The second-order valence-corrected chi connectivity index (χ2v) is 8.29. The molecule has 0 saturated heterocycles. The third-order valence-corrected chi connectivity index (χ3v) is 6.15. The van der Waals surface area contributed by atoms with E-state index in [0.717, 1.165) is 16.1 Å². The number of thiazole rings is 1. The fourth-order valence-corrected chi connectivity index (χ4v) is 4.48. The molecule has 1 atom stereocenters. The van der Waals surface area contributed by atoms with Gasteiger partial charge in [-0.1, -0.05) is 42.5 Å². The van der Waals surface area contributed by atoms with Crippen LogP contribution in [0, 0.1) is 0 Å². The molecular weight excluding hydrogens is 414 g/mol. The summed E-state index contributed by atoms with van der Waals surface area (Å²) in [5, 5.41) is 12.3. The molecule has 0 aliphatic carbocycles. The Labute approximate surface area is 182 Å². The van der Waals surface area contributed by atoms with E-state index in [1.165, 1.54) is 11.3 Å². The van der Waals surface area contributed by atoms with Gasteiger partial charge in [0, 0.05) is 16.3 Å². The number of nitrogens with one attached hydrogen (secondary N) is 2. The van der Waals surface area contributed by atoms with E-state index in [0.29, 0.717) is 16.9 Å². The Kier molecular flexibility index (Phi) is 6.02. The molecule has 0 aliphatic rings. The van der Waals surface area contributed by atoms with Crippen LogP contribution in [0.3, 0.4) is 0 Å². The van der Waals surface area contributed by atoms with Crippen molar-refractivity contribution >= 4 is 40.2 Å². The van der Waals surface area contributed by atoms with Gasteiger partial charge in [-0.05, 0) is 36.1 Å². The minimum Gasteiger partial charge on any atom is -0.345 e. The summed E-state index contributed by atoms with van der Waals surface area (Å²) in [5.41, 5.74) is 3.19. The minimum atomic E-state index is -0.343. The maximum absolute atomic E-state index is 12.9. The Morgan fingerprint density at radius 3 is 2.47 bits per heavy atom. The summed E-state index contributed by atoms with van der Waals surface area (Å²) >= 11 is 3.00. The molecule has 4 aromatic rings. The Bertz CT molecular complexity index is 1150. The summed E-state index contributed by atoms with van der Waals surface area (Å²) in [6, 6.07) is 18.5. The predicted molar refractivity (Wildman–Crippen MR) is 122 cm³/mol. The molecule has 5 nitrogen and oxygen atoms in total. The molecule has 0 bridgehead atoms. The standard InChI is InChI=1S/C23H19N3O2S2/c1-15(16-7-3-2-4-8-16)24-21(27)18-9-5-6-10-19(18)25-22(28)20-14-30-23(26-20)17-11-12-29-13-17/h2-15H,1H3,(H,24,27)(H,25,28). The molecule has 2 aromatic carbocycles. The smallest absolute Gasteiger partial charge is 0.275 e. The van der Waals surface area contributed by atoms with Crippen LogP contribution in [-0.2, 0) is 0 Å². The first-order valence-corrected chi connectivity index (χ1v) is 11.2. The molecule has 30 heavy (non-hydrogen) atoms. The van der Waals surface area contributed by atoms with Crippen molar-refractivity contribution in [2.45, 2.75) is 13.0 Å². The lowest BCUT2D eigenvalue weighted by Crippen LogP contribution is -2.28. The number of carbonyl (C=O) groups is 2. The number of benzene rings is 2. The molecule has 0 radical (unpaired) electrons. The molecule has 2 aromatic heterocycles. The van der Waals surface area contributed by atoms with Crippen molar-refractivity contribution in [1.29, 1.82) is 0 Å². The highest BCUT2D eigenvalue weighted by molar-refractivity contribution is 7.14.